The van der Waals surface area contributed by atoms with E-state index in [0.717, 1.165) is 29.8 Å². The molecule has 0 aromatic heterocycles. The minimum absolute atomic E-state index is 0.0712. The van der Waals surface area contributed by atoms with Gasteiger partial charge in [-0.05, 0) is 43.2 Å². The molecule has 1 N–H and O–H groups in total. The lowest BCUT2D eigenvalue weighted by Crippen LogP contribution is -2.37. The molecule has 1 amide bonds. The van der Waals surface area contributed by atoms with E-state index in [1.54, 1.807) is 0 Å². The lowest BCUT2D eigenvalue weighted by atomic mass is 10.1. The number of para-hydroxylation sites is 1. The van der Waals surface area contributed by atoms with Gasteiger partial charge in [-0.2, -0.15) is 13.2 Å². The van der Waals surface area contributed by atoms with Crippen LogP contribution in [-0.4, -0.2) is 18.5 Å². The molecule has 3 rings (SSSR count). The Morgan fingerprint density at radius 2 is 2.00 bits per heavy atom. The Hall–Kier alpha value is -2.21. The molecule has 0 radical (unpaired) electrons. The van der Waals surface area contributed by atoms with Crippen molar-refractivity contribution in [2.75, 3.05) is 16.8 Å². The van der Waals surface area contributed by atoms with E-state index in [2.05, 4.69) is 5.32 Å². The Morgan fingerprint density at radius 3 is 2.72 bits per heavy atom. The Labute approximate surface area is 148 Å². The van der Waals surface area contributed by atoms with E-state index in [0.29, 0.717) is 0 Å². The highest BCUT2D eigenvalue weighted by Crippen LogP contribution is 2.36. The molecular weight excluding hydrogens is 353 g/mol. The summed E-state index contributed by atoms with van der Waals surface area (Å²) in [5.74, 6) is -0.376. The summed E-state index contributed by atoms with van der Waals surface area (Å²) in [6, 6.07) is 11.3. The van der Waals surface area contributed by atoms with Gasteiger partial charge in [-0.1, -0.05) is 29.8 Å². The fraction of sp³-hybridized carbons (Fsp3) is 0.278. The van der Waals surface area contributed by atoms with Gasteiger partial charge in [-0.3, -0.25) is 4.79 Å². The van der Waals surface area contributed by atoms with E-state index < -0.39 is 16.8 Å². The summed E-state index contributed by atoms with van der Waals surface area (Å²) in [4.78, 5) is 14.3. The van der Waals surface area contributed by atoms with Crippen molar-refractivity contribution in [1.82, 2.24) is 0 Å². The number of nitrogens with zero attached hydrogens (tertiary/aromatic N) is 1. The molecular formula is C18H16ClF3N2O. The maximum absolute atomic E-state index is 12.9. The third-order valence-electron chi connectivity index (χ3n) is 4.22. The summed E-state index contributed by atoms with van der Waals surface area (Å²) in [7, 11) is 0. The van der Waals surface area contributed by atoms with Crippen LogP contribution in [0.5, 0.6) is 0 Å². The van der Waals surface area contributed by atoms with E-state index in [1.807, 2.05) is 36.1 Å². The van der Waals surface area contributed by atoms with E-state index in [1.165, 1.54) is 6.07 Å². The highest BCUT2D eigenvalue weighted by Gasteiger charge is 2.33. The summed E-state index contributed by atoms with van der Waals surface area (Å²) in [5.41, 5.74) is 1.25. The molecule has 0 fully saturated rings. The molecule has 0 bridgehead atoms. The number of fused-ring (bicyclic) bond motifs is 1. The molecule has 1 heterocycles. The lowest BCUT2D eigenvalue weighted by Gasteiger charge is -2.24. The summed E-state index contributed by atoms with van der Waals surface area (Å²) in [6.45, 7) is 2.08. The Morgan fingerprint density at radius 1 is 1.28 bits per heavy atom. The number of alkyl halides is 3. The highest BCUT2D eigenvalue weighted by atomic mass is 35.5. The molecule has 7 heteroatoms. The number of hydrogen-bond acceptors (Lipinski definition) is 2. The van der Waals surface area contributed by atoms with Gasteiger partial charge in [0.05, 0.1) is 17.1 Å². The first-order chi connectivity index (χ1) is 11.8. The van der Waals surface area contributed by atoms with Crippen molar-refractivity contribution in [3.05, 3.63) is 58.6 Å². The highest BCUT2D eigenvalue weighted by molar-refractivity contribution is 6.31. The van der Waals surface area contributed by atoms with Crippen molar-refractivity contribution < 1.29 is 18.0 Å². The van der Waals surface area contributed by atoms with Gasteiger partial charge >= 0.3 is 6.18 Å². The number of carbonyl (C=O) groups excluding carboxylic acids is 1. The molecule has 25 heavy (non-hydrogen) atoms. The maximum atomic E-state index is 12.9. The van der Waals surface area contributed by atoms with Crippen molar-refractivity contribution in [3.63, 3.8) is 0 Å². The number of nitrogens with one attached hydrogen (secondary N) is 1. The number of benzene rings is 2. The summed E-state index contributed by atoms with van der Waals surface area (Å²) < 4.78 is 38.7. The van der Waals surface area contributed by atoms with Crippen molar-refractivity contribution in [3.8, 4) is 0 Å². The number of hydrogen-bond donors (Lipinski definition) is 1. The van der Waals surface area contributed by atoms with Gasteiger partial charge in [0, 0.05) is 17.4 Å². The van der Waals surface area contributed by atoms with Crippen LogP contribution in [0.2, 0.25) is 5.02 Å². The molecule has 1 unspecified atom stereocenters. The first-order valence-corrected chi connectivity index (χ1v) is 8.14. The number of anilines is 2. The fourth-order valence-electron chi connectivity index (χ4n) is 3.05. The van der Waals surface area contributed by atoms with Crippen LogP contribution in [-0.2, 0) is 17.4 Å². The van der Waals surface area contributed by atoms with E-state index >= 15 is 0 Å². The van der Waals surface area contributed by atoms with E-state index in [-0.39, 0.29) is 24.2 Å². The van der Waals surface area contributed by atoms with Crippen LogP contribution < -0.4 is 10.2 Å². The Bertz CT molecular complexity index is 807. The van der Waals surface area contributed by atoms with Gasteiger partial charge < -0.3 is 10.2 Å². The van der Waals surface area contributed by atoms with Crippen molar-refractivity contribution >= 4 is 28.9 Å². The molecule has 1 aliphatic rings. The van der Waals surface area contributed by atoms with Crippen molar-refractivity contribution in [1.29, 1.82) is 0 Å². The topological polar surface area (TPSA) is 32.3 Å². The second kappa shape index (κ2) is 6.59. The Kier molecular flexibility index (Phi) is 4.64. The molecule has 0 spiro atoms. The van der Waals surface area contributed by atoms with Crippen molar-refractivity contribution in [2.45, 2.75) is 25.6 Å². The number of carbonyl (C=O) groups is 1. The zero-order valence-electron chi connectivity index (χ0n) is 13.4. The maximum Gasteiger partial charge on any atom is 0.417 e. The van der Waals surface area contributed by atoms with Crippen LogP contribution >= 0.6 is 11.6 Å². The van der Waals surface area contributed by atoms with E-state index in [9.17, 15) is 18.0 Å². The van der Waals surface area contributed by atoms with Gasteiger partial charge in [0.1, 0.15) is 0 Å². The minimum Gasteiger partial charge on any atom is -0.359 e. The van der Waals surface area contributed by atoms with Gasteiger partial charge in [0.2, 0.25) is 5.91 Å². The molecule has 132 valence electrons. The third-order valence-corrected chi connectivity index (χ3v) is 4.55. The largest absolute Gasteiger partial charge is 0.417 e. The quantitative estimate of drug-likeness (QED) is 0.848. The predicted octanol–water partition coefficient (Wildman–Crippen LogP) is 4.75. The third kappa shape index (κ3) is 3.74. The number of rotatable bonds is 3. The first-order valence-electron chi connectivity index (χ1n) is 7.77. The van der Waals surface area contributed by atoms with E-state index in [4.69, 9.17) is 11.6 Å². The standard InChI is InChI=1S/C18H16ClF3N2O/c1-11-8-12-4-2-3-5-16(12)24(11)10-17(25)23-13-6-7-15(19)14(9-13)18(20,21)22/h2-7,9,11H,8,10H2,1H3,(H,23,25). The predicted molar refractivity (Wildman–Crippen MR) is 92.0 cm³/mol. The normalized spacial score (nSPS) is 16.7. The molecule has 0 saturated heterocycles. The smallest absolute Gasteiger partial charge is 0.359 e. The number of halogens is 4. The molecule has 0 saturated carbocycles. The van der Waals surface area contributed by atoms with Gasteiger partial charge in [-0.15, -0.1) is 0 Å². The van der Waals surface area contributed by atoms with Crippen LogP contribution in [0.1, 0.15) is 18.1 Å². The van der Waals surface area contributed by atoms with Crippen LogP contribution in [0.15, 0.2) is 42.5 Å². The average molecular weight is 369 g/mol. The molecule has 0 aliphatic carbocycles. The van der Waals surface area contributed by atoms with Crippen molar-refractivity contribution in [2.24, 2.45) is 0 Å². The van der Waals surface area contributed by atoms with Crippen LogP contribution in [0.3, 0.4) is 0 Å². The second-order valence-corrected chi connectivity index (χ2v) is 6.46. The molecule has 1 atom stereocenters. The second-order valence-electron chi connectivity index (χ2n) is 6.05. The number of amides is 1. The average Bonchev–Trinajstić information content (AvgIpc) is 2.84. The van der Waals surface area contributed by atoms with Gasteiger partial charge in [-0.25, -0.2) is 0 Å². The lowest BCUT2D eigenvalue weighted by molar-refractivity contribution is -0.137. The summed E-state index contributed by atoms with van der Waals surface area (Å²) in [5, 5.41) is 2.12. The van der Waals surface area contributed by atoms with Crippen LogP contribution in [0.4, 0.5) is 24.5 Å². The molecule has 1 aliphatic heterocycles. The minimum atomic E-state index is -4.57. The SMILES string of the molecule is CC1Cc2ccccc2N1CC(=O)Nc1ccc(Cl)c(C(F)(F)F)c1. The zero-order valence-corrected chi connectivity index (χ0v) is 14.2. The fourth-order valence-corrected chi connectivity index (χ4v) is 3.27. The van der Waals surface area contributed by atoms with Gasteiger partial charge in [0.25, 0.3) is 0 Å². The molecule has 2 aromatic rings. The summed E-state index contributed by atoms with van der Waals surface area (Å²) in [6.07, 6.45) is -3.73. The first kappa shape index (κ1) is 17.6. The van der Waals surface area contributed by atoms with Crippen LogP contribution in [0, 0.1) is 0 Å². The zero-order chi connectivity index (χ0) is 18.2. The summed E-state index contributed by atoms with van der Waals surface area (Å²) >= 11 is 5.59. The molecule has 3 nitrogen and oxygen atoms in total. The molecule has 2 aromatic carbocycles. The monoisotopic (exact) mass is 368 g/mol. The van der Waals surface area contributed by atoms with Crippen LogP contribution in [0.25, 0.3) is 0 Å². The van der Waals surface area contributed by atoms with Gasteiger partial charge in [0.15, 0.2) is 0 Å². The Balaban J connectivity index is 1.74.